The third-order valence-corrected chi connectivity index (χ3v) is 3.67. The molecule has 1 aromatic heterocycles. The van der Waals surface area contributed by atoms with Gasteiger partial charge in [-0.2, -0.15) is 5.26 Å². The zero-order chi connectivity index (χ0) is 13.2. The SMILES string of the molecule is N#Cc1cnc(C2CCc3ccccc3C2)nc1N. The predicted molar refractivity (Wildman–Crippen MR) is 72.4 cm³/mol. The normalized spacial score (nSPS) is 17.5. The molecular weight excluding hydrogens is 236 g/mol. The fourth-order valence-corrected chi connectivity index (χ4v) is 2.61. The highest BCUT2D eigenvalue weighted by atomic mass is 14.9. The lowest BCUT2D eigenvalue weighted by Crippen LogP contribution is -2.16. The van der Waals surface area contributed by atoms with Gasteiger partial charge in [0.15, 0.2) is 0 Å². The summed E-state index contributed by atoms with van der Waals surface area (Å²) in [6.45, 7) is 0. The first-order chi connectivity index (χ1) is 9.28. The summed E-state index contributed by atoms with van der Waals surface area (Å²) in [5.74, 6) is 1.34. The van der Waals surface area contributed by atoms with Crippen molar-refractivity contribution in [3.63, 3.8) is 0 Å². The van der Waals surface area contributed by atoms with Crippen molar-refractivity contribution in [2.24, 2.45) is 0 Å². The number of fused-ring (bicyclic) bond motifs is 1. The lowest BCUT2D eigenvalue weighted by atomic mass is 9.83. The van der Waals surface area contributed by atoms with Crippen LogP contribution in [0.3, 0.4) is 0 Å². The molecule has 0 spiro atoms. The molecule has 2 N–H and O–H groups in total. The van der Waals surface area contributed by atoms with Crippen LogP contribution in [0.5, 0.6) is 0 Å². The summed E-state index contributed by atoms with van der Waals surface area (Å²) in [4.78, 5) is 8.58. The van der Waals surface area contributed by atoms with E-state index in [2.05, 4.69) is 34.2 Å². The van der Waals surface area contributed by atoms with Crippen molar-refractivity contribution in [1.29, 1.82) is 5.26 Å². The molecule has 0 amide bonds. The molecular formula is C15H14N4. The molecule has 1 atom stereocenters. The van der Waals surface area contributed by atoms with Gasteiger partial charge < -0.3 is 5.73 Å². The molecule has 3 rings (SSSR count). The molecule has 1 unspecified atom stereocenters. The third kappa shape index (κ3) is 2.15. The summed E-state index contributed by atoms with van der Waals surface area (Å²) in [5, 5.41) is 8.84. The molecule has 0 saturated heterocycles. The molecule has 0 fully saturated rings. The quantitative estimate of drug-likeness (QED) is 0.841. The van der Waals surface area contributed by atoms with E-state index in [0.29, 0.717) is 11.5 Å². The second-order valence-electron chi connectivity index (χ2n) is 4.85. The number of rotatable bonds is 1. The zero-order valence-electron chi connectivity index (χ0n) is 10.5. The summed E-state index contributed by atoms with van der Waals surface area (Å²) in [6, 6.07) is 10.5. The van der Waals surface area contributed by atoms with Gasteiger partial charge in [-0.1, -0.05) is 24.3 Å². The van der Waals surface area contributed by atoms with Crippen LogP contribution in [-0.4, -0.2) is 9.97 Å². The van der Waals surface area contributed by atoms with E-state index in [0.717, 1.165) is 25.1 Å². The Morgan fingerprint density at radius 3 is 2.79 bits per heavy atom. The first-order valence-corrected chi connectivity index (χ1v) is 6.37. The lowest BCUT2D eigenvalue weighted by molar-refractivity contribution is 0.555. The standard InChI is InChI=1S/C15H14N4/c16-8-13-9-18-15(19-14(13)17)12-6-5-10-3-1-2-4-11(10)7-12/h1-4,9,12H,5-7H2,(H2,17,18,19). The van der Waals surface area contributed by atoms with Crippen LogP contribution >= 0.6 is 0 Å². The van der Waals surface area contributed by atoms with Crippen LogP contribution < -0.4 is 5.73 Å². The van der Waals surface area contributed by atoms with Gasteiger partial charge in [0, 0.05) is 5.92 Å². The predicted octanol–water partition coefficient (Wildman–Crippen LogP) is 2.20. The number of nitrogen functional groups attached to an aromatic ring is 1. The molecule has 2 aromatic rings. The summed E-state index contributed by atoms with van der Waals surface area (Å²) in [7, 11) is 0. The summed E-state index contributed by atoms with van der Waals surface area (Å²) in [6.07, 6.45) is 4.55. The first kappa shape index (κ1) is 11.7. The highest BCUT2D eigenvalue weighted by Crippen LogP contribution is 2.31. The second kappa shape index (κ2) is 4.69. The van der Waals surface area contributed by atoms with Crippen LogP contribution in [0.2, 0.25) is 0 Å². The fourth-order valence-electron chi connectivity index (χ4n) is 2.61. The average Bonchev–Trinajstić information content (AvgIpc) is 2.46. The van der Waals surface area contributed by atoms with Gasteiger partial charge in [0.2, 0.25) is 0 Å². The van der Waals surface area contributed by atoms with E-state index < -0.39 is 0 Å². The van der Waals surface area contributed by atoms with E-state index >= 15 is 0 Å². The first-order valence-electron chi connectivity index (χ1n) is 6.37. The highest BCUT2D eigenvalue weighted by molar-refractivity contribution is 5.46. The molecule has 1 aliphatic carbocycles. The van der Waals surface area contributed by atoms with E-state index in [1.165, 1.54) is 17.3 Å². The summed E-state index contributed by atoms with van der Waals surface area (Å²) >= 11 is 0. The lowest BCUT2D eigenvalue weighted by Gasteiger charge is -2.23. The Kier molecular flexibility index (Phi) is 2.88. The minimum atomic E-state index is 0.284. The largest absolute Gasteiger partial charge is 0.382 e. The maximum Gasteiger partial charge on any atom is 0.145 e. The van der Waals surface area contributed by atoms with Crippen molar-refractivity contribution >= 4 is 5.82 Å². The van der Waals surface area contributed by atoms with Gasteiger partial charge in [-0.05, 0) is 30.4 Å². The van der Waals surface area contributed by atoms with Gasteiger partial charge in [-0.25, -0.2) is 9.97 Å². The van der Waals surface area contributed by atoms with Crippen molar-refractivity contribution in [1.82, 2.24) is 9.97 Å². The Morgan fingerprint density at radius 2 is 2.05 bits per heavy atom. The Hall–Kier alpha value is -2.41. The van der Waals surface area contributed by atoms with Gasteiger partial charge in [-0.15, -0.1) is 0 Å². The third-order valence-electron chi connectivity index (χ3n) is 3.67. The Morgan fingerprint density at radius 1 is 1.26 bits per heavy atom. The fraction of sp³-hybridized carbons (Fsp3) is 0.267. The van der Waals surface area contributed by atoms with Crippen LogP contribution in [0.25, 0.3) is 0 Å². The molecule has 4 nitrogen and oxygen atoms in total. The van der Waals surface area contributed by atoms with Crippen molar-refractivity contribution in [3.05, 3.63) is 53.0 Å². The molecule has 94 valence electrons. The minimum absolute atomic E-state index is 0.284. The van der Waals surface area contributed by atoms with Crippen molar-refractivity contribution in [2.45, 2.75) is 25.2 Å². The highest BCUT2D eigenvalue weighted by Gasteiger charge is 2.22. The second-order valence-corrected chi connectivity index (χ2v) is 4.85. The van der Waals surface area contributed by atoms with Crippen LogP contribution in [0.4, 0.5) is 5.82 Å². The number of benzene rings is 1. The van der Waals surface area contributed by atoms with Crippen LogP contribution in [0, 0.1) is 11.3 Å². The van der Waals surface area contributed by atoms with Crippen molar-refractivity contribution in [3.8, 4) is 6.07 Å². The number of hydrogen-bond acceptors (Lipinski definition) is 4. The van der Waals surface area contributed by atoms with Gasteiger partial charge >= 0.3 is 0 Å². The Labute approximate surface area is 111 Å². The molecule has 0 bridgehead atoms. The Bertz CT molecular complexity index is 657. The van der Waals surface area contributed by atoms with Crippen molar-refractivity contribution < 1.29 is 0 Å². The smallest absolute Gasteiger partial charge is 0.145 e. The number of aryl methyl sites for hydroxylation is 1. The maximum absolute atomic E-state index is 8.84. The number of anilines is 1. The van der Waals surface area contributed by atoms with Gasteiger partial charge in [0.1, 0.15) is 23.3 Å². The van der Waals surface area contributed by atoms with Crippen molar-refractivity contribution in [2.75, 3.05) is 5.73 Å². The molecule has 1 aliphatic rings. The topological polar surface area (TPSA) is 75.6 Å². The van der Waals surface area contributed by atoms with Gasteiger partial charge in [-0.3, -0.25) is 0 Å². The maximum atomic E-state index is 8.84. The number of aromatic nitrogens is 2. The van der Waals surface area contributed by atoms with E-state index in [-0.39, 0.29) is 5.82 Å². The molecule has 0 saturated carbocycles. The summed E-state index contributed by atoms with van der Waals surface area (Å²) in [5.41, 5.74) is 8.89. The van der Waals surface area contributed by atoms with Gasteiger partial charge in [0.05, 0.1) is 6.20 Å². The molecule has 4 heteroatoms. The minimum Gasteiger partial charge on any atom is -0.382 e. The molecule has 1 aromatic carbocycles. The molecule has 1 heterocycles. The van der Waals surface area contributed by atoms with Crippen LogP contribution in [-0.2, 0) is 12.8 Å². The van der Waals surface area contributed by atoms with Crippen LogP contribution in [0.1, 0.15) is 34.9 Å². The number of hydrogen-bond donors (Lipinski definition) is 1. The summed E-state index contributed by atoms with van der Waals surface area (Å²) < 4.78 is 0. The molecule has 0 aliphatic heterocycles. The van der Waals surface area contributed by atoms with E-state index in [4.69, 9.17) is 11.0 Å². The van der Waals surface area contributed by atoms with E-state index in [1.807, 2.05) is 6.07 Å². The van der Waals surface area contributed by atoms with Gasteiger partial charge in [0.25, 0.3) is 0 Å². The molecule has 0 radical (unpaired) electrons. The Balaban J connectivity index is 1.89. The zero-order valence-corrected chi connectivity index (χ0v) is 10.5. The van der Waals surface area contributed by atoms with Crippen LogP contribution in [0.15, 0.2) is 30.5 Å². The molecule has 19 heavy (non-hydrogen) atoms. The number of nitrogens with two attached hydrogens (primary N) is 1. The number of nitriles is 1. The van der Waals surface area contributed by atoms with E-state index in [1.54, 1.807) is 0 Å². The average molecular weight is 250 g/mol. The number of nitrogens with zero attached hydrogens (tertiary/aromatic N) is 3. The van der Waals surface area contributed by atoms with E-state index in [9.17, 15) is 0 Å². The monoisotopic (exact) mass is 250 g/mol.